The van der Waals surface area contributed by atoms with Gasteiger partial charge in [-0.25, -0.2) is 4.99 Å². The number of nitrogens with two attached hydrogens (primary N) is 1. The summed E-state index contributed by atoms with van der Waals surface area (Å²) in [7, 11) is 0. The van der Waals surface area contributed by atoms with Gasteiger partial charge >= 0.3 is 0 Å². The minimum absolute atomic E-state index is 0.433. The average Bonchev–Trinajstić information content (AvgIpc) is 2.85. The Bertz CT molecular complexity index is 420. The summed E-state index contributed by atoms with van der Waals surface area (Å²) in [6, 6.07) is 8.75. The second-order valence-corrected chi connectivity index (χ2v) is 4.96. The lowest BCUT2D eigenvalue weighted by Crippen LogP contribution is -2.38. The fraction of sp³-hybridized carbons (Fsp3) is 0.533. The number of guanidine groups is 1. The maximum Gasteiger partial charge on any atom is 0.196 e. The molecule has 0 heterocycles. The molecule has 0 aromatic heterocycles. The van der Waals surface area contributed by atoms with E-state index in [4.69, 9.17) is 5.73 Å². The van der Waals surface area contributed by atoms with Crippen molar-refractivity contribution in [2.45, 2.75) is 45.6 Å². The third-order valence-corrected chi connectivity index (χ3v) is 3.64. The van der Waals surface area contributed by atoms with Gasteiger partial charge in [-0.1, -0.05) is 31.0 Å². The van der Waals surface area contributed by atoms with Crippen LogP contribution in [-0.2, 0) is 0 Å². The van der Waals surface area contributed by atoms with E-state index in [1.54, 1.807) is 0 Å². The predicted molar refractivity (Wildman–Crippen MR) is 78.1 cm³/mol. The first-order valence-corrected chi connectivity index (χ1v) is 6.88. The van der Waals surface area contributed by atoms with Crippen molar-refractivity contribution < 1.29 is 0 Å². The van der Waals surface area contributed by atoms with E-state index in [1.165, 1.54) is 36.9 Å². The quantitative estimate of drug-likeness (QED) is 0.657. The molecule has 1 fully saturated rings. The van der Waals surface area contributed by atoms with Crippen LogP contribution in [0.1, 0.15) is 38.2 Å². The Morgan fingerprint density at radius 3 is 2.61 bits per heavy atom. The molecule has 0 amide bonds. The van der Waals surface area contributed by atoms with Gasteiger partial charge < -0.3 is 10.6 Å². The molecule has 1 aromatic carbocycles. The summed E-state index contributed by atoms with van der Waals surface area (Å²) in [5.41, 5.74) is 8.59. The van der Waals surface area contributed by atoms with Crippen LogP contribution in [0.15, 0.2) is 29.3 Å². The van der Waals surface area contributed by atoms with Crippen LogP contribution in [-0.4, -0.2) is 18.5 Å². The van der Waals surface area contributed by atoms with E-state index in [9.17, 15) is 0 Å². The van der Waals surface area contributed by atoms with E-state index in [0.29, 0.717) is 12.0 Å². The Hall–Kier alpha value is -1.51. The van der Waals surface area contributed by atoms with Gasteiger partial charge in [-0.3, -0.25) is 0 Å². The second kappa shape index (κ2) is 5.89. The van der Waals surface area contributed by atoms with Gasteiger partial charge in [0.15, 0.2) is 5.96 Å². The molecule has 3 nitrogen and oxygen atoms in total. The first-order chi connectivity index (χ1) is 8.72. The zero-order valence-corrected chi connectivity index (χ0v) is 11.4. The molecule has 98 valence electrons. The number of para-hydroxylation sites is 1. The highest BCUT2D eigenvalue weighted by Gasteiger charge is 2.17. The molecular formula is C15H23N3. The number of hydrogen-bond acceptors (Lipinski definition) is 1. The van der Waals surface area contributed by atoms with Gasteiger partial charge in [-0.2, -0.15) is 0 Å². The smallest absolute Gasteiger partial charge is 0.196 e. The van der Waals surface area contributed by atoms with E-state index in [-0.39, 0.29) is 0 Å². The number of aliphatic imine (C=N–C) groups is 1. The van der Waals surface area contributed by atoms with Crippen LogP contribution >= 0.6 is 0 Å². The van der Waals surface area contributed by atoms with E-state index < -0.39 is 0 Å². The molecule has 0 saturated heterocycles. The number of benzene rings is 1. The molecule has 0 spiro atoms. The summed E-state index contributed by atoms with van der Waals surface area (Å²) in [5, 5.41) is 0. The number of nitrogens with zero attached hydrogens (tertiary/aromatic N) is 2. The van der Waals surface area contributed by atoms with Crippen molar-refractivity contribution in [2.75, 3.05) is 11.4 Å². The number of anilines is 1. The third-order valence-electron chi connectivity index (χ3n) is 3.64. The summed E-state index contributed by atoms with van der Waals surface area (Å²) < 4.78 is 0. The zero-order valence-electron chi connectivity index (χ0n) is 11.4. The van der Waals surface area contributed by atoms with Gasteiger partial charge in [-0.15, -0.1) is 0 Å². The van der Waals surface area contributed by atoms with Crippen molar-refractivity contribution in [1.29, 1.82) is 0 Å². The normalized spacial score (nSPS) is 17.1. The van der Waals surface area contributed by atoms with Crippen LogP contribution in [0.25, 0.3) is 0 Å². The second-order valence-electron chi connectivity index (χ2n) is 4.96. The largest absolute Gasteiger partial charge is 0.370 e. The highest BCUT2D eigenvalue weighted by molar-refractivity contribution is 5.95. The molecule has 1 aromatic rings. The van der Waals surface area contributed by atoms with Gasteiger partial charge in [0.2, 0.25) is 0 Å². The van der Waals surface area contributed by atoms with Crippen LogP contribution < -0.4 is 10.6 Å². The van der Waals surface area contributed by atoms with Crippen LogP contribution in [0.5, 0.6) is 0 Å². The average molecular weight is 245 g/mol. The standard InChI is InChI=1S/C15H23N3/c1-3-18(14-11-7-4-8-12(14)2)15(16)17-13-9-5-6-10-13/h4,7-8,11,13H,3,5-6,9-10H2,1-2H3,(H2,16,17). The summed E-state index contributed by atoms with van der Waals surface area (Å²) in [4.78, 5) is 6.79. The Balaban J connectivity index is 2.20. The van der Waals surface area contributed by atoms with Crippen molar-refractivity contribution in [3.63, 3.8) is 0 Å². The van der Waals surface area contributed by atoms with Crippen molar-refractivity contribution >= 4 is 11.6 Å². The van der Waals surface area contributed by atoms with Gasteiger partial charge in [0.1, 0.15) is 0 Å². The van der Waals surface area contributed by atoms with E-state index in [2.05, 4.69) is 41.9 Å². The number of aryl methyl sites for hydroxylation is 1. The molecule has 3 heteroatoms. The van der Waals surface area contributed by atoms with Gasteiger partial charge in [0.05, 0.1) is 6.04 Å². The minimum atomic E-state index is 0.433. The van der Waals surface area contributed by atoms with Crippen LogP contribution in [0, 0.1) is 6.92 Å². The predicted octanol–water partition coefficient (Wildman–Crippen LogP) is 3.08. The SMILES string of the molecule is CCN(C(N)=NC1CCCC1)c1ccccc1C. The van der Waals surface area contributed by atoms with Gasteiger partial charge in [0.25, 0.3) is 0 Å². The highest BCUT2D eigenvalue weighted by atomic mass is 15.3. The van der Waals surface area contributed by atoms with Crippen LogP contribution in [0.4, 0.5) is 5.69 Å². The third kappa shape index (κ3) is 2.84. The maximum absolute atomic E-state index is 6.19. The Morgan fingerprint density at radius 2 is 2.00 bits per heavy atom. The molecule has 1 aliphatic carbocycles. The van der Waals surface area contributed by atoms with Crippen molar-refractivity contribution in [3.8, 4) is 0 Å². The minimum Gasteiger partial charge on any atom is -0.370 e. The Morgan fingerprint density at radius 1 is 1.33 bits per heavy atom. The fourth-order valence-corrected chi connectivity index (χ4v) is 2.61. The van der Waals surface area contributed by atoms with Crippen molar-refractivity contribution in [2.24, 2.45) is 10.7 Å². The molecule has 0 aliphatic heterocycles. The first-order valence-electron chi connectivity index (χ1n) is 6.88. The van der Waals surface area contributed by atoms with Gasteiger partial charge in [0, 0.05) is 12.2 Å². The maximum atomic E-state index is 6.19. The van der Waals surface area contributed by atoms with Crippen molar-refractivity contribution in [3.05, 3.63) is 29.8 Å². The summed E-state index contributed by atoms with van der Waals surface area (Å²) >= 11 is 0. The highest BCUT2D eigenvalue weighted by Crippen LogP contribution is 2.23. The molecule has 18 heavy (non-hydrogen) atoms. The Kier molecular flexibility index (Phi) is 4.24. The Labute approximate surface area is 110 Å². The molecule has 1 saturated carbocycles. The lowest BCUT2D eigenvalue weighted by molar-refractivity contribution is 0.702. The fourth-order valence-electron chi connectivity index (χ4n) is 2.61. The van der Waals surface area contributed by atoms with E-state index in [0.717, 1.165) is 6.54 Å². The first kappa shape index (κ1) is 12.9. The molecule has 1 aliphatic rings. The van der Waals surface area contributed by atoms with Crippen molar-refractivity contribution in [1.82, 2.24) is 0 Å². The zero-order chi connectivity index (χ0) is 13.0. The van der Waals surface area contributed by atoms with E-state index >= 15 is 0 Å². The molecule has 2 N–H and O–H groups in total. The topological polar surface area (TPSA) is 41.6 Å². The number of hydrogen-bond donors (Lipinski definition) is 1. The lowest BCUT2D eigenvalue weighted by atomic mass is 10.2. The monoisotopic (exact) mass is 245 g/mol. The molecule has 0 bridgehead atoms. The summed E-state index contributed by atoms with van der Waals surface area (Å²) in [6.07, 6.45) is 4.95. The summed E-state index contributed by atoms with van der Waals surface area (Å²) in [6.45, 7) is 5.08. The molecule has 0 atom stereocenters. The number of rotatable bonds is 3. The molecule has 0 unspecified atom stereocenters. The lowest BCUT2D eigenvalue weighted by Gasteiger charge is -2.24. The molecular weight excluding hydrogens is 222 g/mol. The molecule has 0 radical (unpaired) electrons. The van der Waals surface area contributed by atoms with E-state index in [1.807, 2.05) is 6.07 Å². The van der Waals surface area contributed by atoms with Gasteiger partial charge in [-0.05, 0) is 38.3 Å². The van der Waals surface area contributed by atoms with Crippen LogP contribution in [0.2, 0.25) is 0 Å². The summed E-state index contributed by atoms with van der Waals surface area (Å²) in [5.74, 6) is 0.665. The molecule has 2 rings (SSSR count). The van der Waals surface area contributed by atoms with Crippen LogP contribution in [0.3, 0.4) is 0 Å².